The number of aliphatic hydroxyl groups is 1. The summed E-state index contributed by atoms with van der Waals surface area (Å²) in [6.07, 6.45) is 0. The van der Waals surface area contributed by atoms with Gasteiger partial charge in [0.25, 0.3) is 14.8 Å². The Kier molecular flexibility index (Phi) is 3.75. The van der Waals surface area contributed by atoms with Crippen LogP contribution < -0.4 is 0 Å². The Hall–Kier alpha value is -0.830. The van der Waals surface area contributed by atoms with Crippen LogP contribution in [0.25, 0.3) is 0 Å². The minimum atomic E-state index is -6.02. The third kappa shape index (κ3) is 2.40. The topological polar surface area (TPSA) is 80.7 Å². The maximum Gasteiger partial charge on any atom is 0.500 e. The van der Waals surface area contributed by atoms with Gasteiger partial charge in [0.05, 0.1) is 6.61 Å². The highest BCUT2D eigenvalue weighted by atomic mass is 32.2. The normalized spacial score (nSPS) is 16.9. The summed E-state index contributed by atoms with van der Waals surface area (Å²) >= 11 is 0. The third-order valence-electron chi connectivity index (χ3n) is 1.48. The number of carbonyl (C=O) groups excluding carboxylic acids is 1. The van der Waals surface area contributed by atoms with Gasteiger partial charge in [-0.2, -0.15) is 13.2 Å². The Labute approximate surface area is 83.8 Å². The molecule has 0 spiro atoms. The average Bonchev–Trinajstić information content (AvgIpc) is 2.02. The largest absolute Gasteiger partial charge is 0.500 e. The molecule has 0 aliphatic rings. The first-order chi connectivity index (χ1) is 6.48. The quantitative estimate of drug-likeness (QED) is 0.723. The van der Waals surface area contributed by atoms with E-state index in [1.54, 1.807) is 0 Å². The first-order valence-electron chi connectivity index (χ1n) is 3.69. The molecule has 0 aromatic heterocycles. The lowest BCUT2D eigenvalue weighted by molar-refractivity contribution is -0.156. The molecule has 0 aromatic carbocycles. The van der Waals surface area contributed by atoms with Gasteiger partial charge in [0.1, 0.15) is 0 Å². The molecule has 0 bridgehead atoms. The molecule has 0 heterocycles. The zero-order valence-corrected chi connectivity index (χ0v) is 8.65. The molecule has 1 atom stereocenters. The van der Waals surface area contributed by atoms with Crippen molar-refractivity contribution >= 4 is 15.8 Å². The molecule has 90 valence electrons. The molecule has 5 nitrogen and oxygen atoms in total. The minimum Gasteiger partial charge on any atom is -0.463 e. The smallest absolute Gasteiger partial charge is 0.463 e. The van der Waals surface area contributed by atoms with Crippen molar-refractivity contribution in [3.05, 3.63) is 0 Å². The van der Waals surface area contributed by atoms with Crippen LogP contribution in [0.5, 0.6) is 0 Å². The minimum absolute atomic E-state index is 0.216. The molecule has 0 saturated heterocycles. The summed E-state index contributed by atoms with van der Waals surface area (Å²) in [6, 6.07) is 0. The second-order valence-corrected chi connectivity index (χ2v) is 4.92. The fourth-order valence-corrected chi connectivity index (χ4v) is 1.33. The lowest BCUT2D eigenvalue weighted by Crippen LogP contribution is -2.50. The van der Waals surface area contributed by atoms with Crippen LogP contribution in [0.2, 0.25) is 0 Å². The van der Waals surface area contributed by atoms with Gasteiger partial charge in [-0.3, -0.25) is 0 Å². The van der Waals surface area contributed by atoms with Crippen molar-refractivity contribution in [2.75, 3.05) is 6.61 Å². The fourth-order valence-electron chi connectivity index (χ4n) is 0.600. The average molecular weight is 250 g/mol. The molecular formula is C6H9F3O5S. The van der Waals surface area contributed by atoms with Crippen LogP contribution in [0.1, 0.15) is 13.8 Å². The van der Waals surface area contributed by atoms with Crippen molar-refractivity contribution in [3.63, 3.8) is 0 Å². The first-order valence-corrected chi connectivity index (χ1v) is 5.17. The summed E-state index contributed by atoms with van der Waals surface area (Å²) in [5.41, 5.74) is -5.72. The van der Waals surface area contributed by atoms with Gasteiger partial charge in [-0.1, -0.05) is 0 Å². The lowest BCUT2D eigenvalue weighted by Gasteiger charge is -2.22. The van der Waals surface area contributed by atoms with E-state index in [1.807, 2.05) is 0 Å². The van der Waals surface area contributed by atoms with Crippen LogP contribution in [-0.4, -0.2) is 36.5 Å². The molecule has 0 radical (unpaired) electrons. The van der Waals surface area contributed by atoms with E-state index in [0.717, 1.165) is 0 Å². The van der Waals surface area contributed by atoms with Gasteiger partial charge in [0, 0.05) is 0 Å². The summed E-state index contributed by atoms with van der Waals surface area (Å²) in [7, 11) is -6.02. The van der Waals surface area contributed by atoms with E-state index >= 15 is 0 Å². The molecular weight excluding hydrogens is 241 g/mol. The summed E-state index contributed by atoms with van der Waals surface area (Å²) in [6.45, 7) is 1.13. The molecule has 15 heavy (non-hydrogen) atoms. The van der Waals surface area contributed by atoms with Crippen LogP contribution in [-0.2, 0) is 19.4 Å². The number of alkyl halides is 3. The maximum atomic E-state index is 12.0. The van der Waals surface area contributed by atoms with Gasteiger partial charge in [0.2, 0.25) is 0 Å². The van der Waals surface area contributed by atoms with Crippen LogP contribution in [0, 0.1) is 0 Å². The third-order valence-corrected chi connectivity index (χ3v) is 3.30. The Bertz CT molecular complexity index is 342. The standard InChI is InChI=1S/C6H9F3O5S/c1-3-14-4(10)5(2,11)15(12,13)6(7,8)9/h11H,3H2,1-2H3/t5-/m0/s1. The number of sulfone groups is 1. The number of halogens is 3. The molecule has 0 saturated carbocycles. The molecule has 0 aliphatic heterocycles. The van der Waals surface area contributed by atoms with E-state index in [0.29, 0.717) is 0 Å². The van der Waals surface area contributed by atoms with E-state index in [1.165, 1.54) is 6.92 Å². The van der Waals surface area contributed by atoms with Crippen molar-refractivity contribution in [1.82, 2.24) is 0 Å². The van der Waals surface area contributed by atoms with Crippen molar-refractivity contribution in [1.29, 1.82) is 0 Å². The van der Waals surface area contributed by atoms with Crippen molar-refractivity contribution in [3.8, 4) is 0 Å². The second-order valence-electron chi connectivity index (χ2n) is 2.65. The Morgan fingerprint density at radius 3 is 2.07 bits per heavy atom. The summed E-state index contributed by atoms with van der Waals surface area (Å²) in [5, 5.41) is 8.99. The zero-order chi connectivity index (χ0) is 12.5. The van der Waals surface area contributed by atoms with Gasteiger partial charge in [-0.15, -0.1) is 0 Å². The lowest BCUT2D eigenvalue weighted by atomic mass is 10.4. The second kappa shape index (κ2) is 3.97. The van der Waals surface area contributed by atoms with E-state index in [9.17, 15) is 26.4 Å². The van der Waals surface area contributed by atoms with Crippen LogP contribution in [0.15, 0.2) is 0 Å². The van der Waals surface area contributed by atoms with Crippen LogP contribution in [0.3, 0.4) is 0 Å². The summed E-state index contributed by atoms with van der Waals surface area (Å²) < 4.78 is 61.4. The first kappa shape index (κ1) is 14.2. The van der Waals surface area contributed by atoms with E-state index in [4.69, 9.17) is 5.11 Å². The Balaban J connectivity index is 5.31. The van der Waals surface area contributed by atoms with Gasteiger partial charge < -0.3 is 9.84 Å². The van der Waals surface area contributed by atoms with Crippen LogP contribution in [0.4, 0.5) is 13.2 Å². The van der Waals surface area contributed by atoms with Crippen molar-refractivity contribution in [2.24, 2.45) is 0 Å². The van der Waals surface area contributed by atoms with E-state index in [-0.39, 0.29) is 13.5 Å². The van der Waals surface area contributed by atoms with Crippen molar-refractivity contribution < 1.29 is 36.2 Å². The molecule has 9 heteroatoms. The number of carbonyl (C=O) groups is 1. The number of hydrogen-bond donors (Lipinski definition) is 1. The Morgan fingerprint density at radius 1 is 1.40 bits per heavy atom. The highest BCUT2D eigenvalue weighted by Crippen LogP contribution is 2.32. The van der Waals surface area contributed by atoms with Gasteiger partial charge in [-0.05, 0) is 13.8 Å². The number of hydrogen-bond acceptors (Lipinski definition) is 5. The zero-order valence-electron chi connectivity index (χ0n) is 7.83. The SMILES string of the molecule is CCOC(=O)[C@@](C)(O)S(=O)(=O)C(F)(F)F. The van der Waals surface area contributed by atoms with Crippen molar-refractivity contribution in [2.45, 2.75) is 24.3 Å². The Morgan fingerprint density at radius 2 is 1.80 bits per heavy atom. The molecule has 0 aliphatic carbocycles. The van der Waals surface area contributed by atoms with Crippen LogP contribution >= 0.6 is 0 Å². The monoisotopic (exact) mass is 250 g/mol. The summed E-state index contributed by atoms with van der Waals surface area (Å²) in [4.78, 5) is 7.18. The maximum absolute atomic E-state index is 12.0. The molecule has 0 unspecified atom stereocenters. The van der Waals surface area contributed by atoms with Gasteiger partial charge >= 0.3 is 11.5 Å². The molecule has 0 rings (SSSR count). The molecule has 1 N–H and O–H groups in total. The predicted octanol–water partition coefficient (Wildman–Crippen LogP) is 0.193. The molecule has 0 aromatic rings. The number of ether oxygens (including phenoxy) is 1. The van der Waals surface area contributed by atoms with E-state index < -0.39 is 26.2 Å². The van der Waals surface area contributed by atoms with Gasteiger partial charge in [-0.25, -0.2) is 13.2 Å². The predicted molar refractivity (Wildman–Crippen MR) is 42.2 cm³/mol. The molecule has 0 amide bonds. The number of esters is 1. The highest BCUT2D eigenvalue weighted by molar-refractivity contribution is 7.94. The fraction of sp³-hybridized carbons (Fsp3) is 0.833. The molecule has 0 fully saturated rings. The van der Waals surface area contributed by atoms with E-state index in [2.05, 4.69) is 4.74 Å². The number of rotatable bonds is 3. The highest BCUT2D eigenvalue weighted by Gasteiger charge is 2.61. The van der Waals surface area contributed by atoms with Gasteiger partial charge in [0.15, 0.2) is 0 Å². The summed E-state index contributed by atoms with van der Waals surface area (Å²) in [5.74, 6) is -1.86.